The molecule has 0 spiro atoms. The zero-order valence-electron chi connectivity index (χ0n) is 18.2. The first-order valence-electron chi connectivity index (χ1n) is 10.1. The van der Waals surface area contributed by atoms with Crippen LogP contribution in [0, 0.1) is 0 Å². The smallest absolute Gasteiger partial charge is 0.253 e. The summed E-state index contributed by atoms with van der Waals surface area (Å²) in [4.78, 5) is 20.7. The van der Waals surface area contributed by atoms with Gasteiger partial charge in [0.15, 0.2) is 0 Å². The molecule has 0 aliphatic carbocycles. The predicted octanol–water partition coefficient (Wildman–Crippen LogP) is 2.91. The Morgan fingerprint density at radius 1 is 1.16 bits per heavy atom. The maximum absolute atomic E-state index is 12.4. The fourth-order valence-corrected chi connectivity index (χ4v) is 5.14. The summed E-state index contributed by atoms with van der Waals surface area (Å²) in [5, 5.41) is 3.17. The Kier molecular flexibility index (Phi) is 5.37. The van der Waals surface area contributed by atoms with E-state index in [0.29, 0.717) is 35.7 Å². The Balaban J connectivity index is 1.78. The average molecular weight is 452 g/mol. The van der Waals surface area contributed by atoms with Gasteiger partial charge in [-0.3, -0.25) is 14.1 Å². The van der Waals surface area contributed by atoms with Crippen LogP contribution in [0.25, 0.3) is 11.1 Å². The lowest BCUT2D eigenvalue weighted by atomic mass is 9.86. The topological polar surface area (TPSA) is 118 Å². The standard InChI is InChI=1S/C23H25N5O3S/c1-23(2)14-28(32(3,30)31)19-12-16(4-5-18(19)23)17-8-11-26-22(20(17)21(24)29)27-13-15-6-9-25-10-7-15/h4-12H,13-14H2,1-3H3,(H2,24,29)(H,26,27). The maximum atomic E-state index is 12.4. The van der Waals surface area contributed by atoms with Gasteiger partial charge in [0.2, 0.25) is 10.0 Å². The number of carbonyl (C=O) groups excluding carboxylic acids is 1. The average Bonchev–Trinajstić information content (AvgIpc) is 3.03. The summed E-state index contributed by atoms with van der Waals surface area (Å²) in [7, 11) is -3.45. The quantitative estimate of drug-likeness (QED) is 0.595. The van der Waals surface area contributed by atoms with Gasteiger partial charge in [0.1, 0.15) is 5.82 Å². The van der Waals surface area contributed by atoms with Crippen molar-refractivity contribution >= 4 is 27.4 Å². The Hall–Kier alpha value is -3.46. The van der Waals surface area contributed by atoms with Crippen LogP contribution in [-0.2, 0) is 22.0 Å². The summed E-state index contributed by atoms with van der Waals surface area (Å²) < 4.78 is 26.2. The molecule has 0 bridgehead atoms. The molecule has 0 radical (unpaired) electrons. The summed E-state index contributed by atoms with van der Waals surface area (Å²) >= 11 is 0. The second-order valence-corrected chi connectivity index (χ2v) is 10.4. The fraction of sp³-hybridized carbons (Fsp3) is 0.261. The Bertz CT molecular complexity index is 1290. The molecule has 4 rings (SSSR count). The van der Waals surface area contributed by atoms with E-state index >= 15 is 0 Å². The molecule has 0 fully saturated rings. The van der Waals surface area contributed by atoms with Gasteiger partial charge in [-0.25, -0.2) is 13.4 Å². The van der Waals surface area contributed by atoms with Gasteiger partial charge in [0.05, 0.1) is 17.5 Å². The molecule has 166 valence electrons. The number of amides is 1. The van der Waals surface area contributed by atoms with E-state index < -0.39 is 15.9 Å². The molecule has 1 aromatic carbocycles. The van der Waals surface area contributed by atoms with E-state index in [-0.39, 0.29) is 11.0 Å². The van der Waals surface area contributed by atoms with Gasteiger partial charge in [0, 0.05) is 37.1 Å². The number of nitrogens with zero attached hydrogens (tertiary/aromatic N) is 3. The molecule has 3 aromatic rings. The second-order valence-electron chi connectivity index (χ2n) is 8.54. The number of rotatable bonds is 6. The van der Waals surface area contributed by atoms with Crippen LogP contribution in [0.2, 0.25) is 0 Å². The zero-order chi connectivity index (χ0) is 23.1. The molecule has 0 saturated carbocycles. The van der Waals surface area contributed by atoms with Crippen molar-refractivity contribution < 1.29 is 13.2 Å². The molecule has 9 heteroatoms. The van der Waals surface area contributed by atoms with E-state index in [2.05, 4.69) is 15.3 Å². The highest BCUT2D eigenvalue weighted by Crippen LogP contribution is 2.44. The van der Waals surface area contributed by atoms with Crippen LogP contribution in [0.1, 0.15) is 35.3 Å². The van der Waals surface area contributed by atoms with Crippen LogP contribution in [0.15, 0.2) is 55.0 Å². The molecule has 1 aliphatic rings. The minimum absolute atomic E-state index is 0.254. The van der Waals surface area contributed by atoms with Crippen LogP contribution in [0.3, 0.4) is 0 Å². The summed E-state index contributed by atoms with van der Waals surface area (Å²) in [6.07, 6.45) is 6.18. The van der Waals surface area contributed by atoms with E-state index in [1.54, 1.807) is 30.7 Å². The van der Waals surface area contributed by atoms with Gasteiger partial charge >= 0.3 is 0 Å². The number of sulfonamides is 1. The maximum Gasteiger partial charge on any atom is 0.253 e. The van der Waals surface area contributed by atoms with Crippen molar-refractivity contribution in [1.82, 2.24) is 9.97 Å². The lowest BCUT2D eigenvalue weighted by Crippen LogP contribution is -2.33. The minimum atomic E-state index is -3.45. The number of aromatic nitrogens is 2. The predicted molar refractivity (Wildman–Crippen MR) is 125 cm³/mol. The fourth-order valence-electron chi connectivity index (χ4n) is 4.08. The third-order valence-electron chi connectivity index (χ3n) is 5.65. The number of anilines is 2. The van der Waals surface area contributed by atoms with Crippen LogP contribution in [0.5, 0.6) is 0 Å². The zero-order valence-corrected chi connectivity index (χ0v) is 19.0. The number of benzene rings is 1. The molecule has 1 amide bonds. The van der Waals surface area contributed by atoms with E-state index in [1.807, 2.05) is 38.1 Å². The molecule has 0 atom stereocenters. The van der Waals surface area contributed by atoms with Gasteiger partial charge in [-0.1, -0.05) is 26.0 Å². The number of nitrogens with one attached hydrogen (secondary N) is 1. The first kappa shape index (κ1) is 21.8. The van der Waals surface area contributed by atoms with Gasteiger partial charge in [-0.05, 0) is 46.5 Å². The number of fused-ring (bicyclic) bond motifs is 1. The van der Waals surface area contributed by atoms with Crippen molar-refractivity contribution in [2.24, 2.45) is 5.73 Å². The highest BCUT2D eigenvalue weighted by Gasteiger charge is 2.39. The van der Waals surface area contributed by atoms with E-state index in [1.165, 1.54) is 10.6 Å². The molecule has 1 aliphatic heterocycles. The second kappa shape index (κ2) is 7.90. The summed E-state index contributed by atoms with van der Waals surface area (Å²) in [5.74, 6) is -0.251. The lowest BCUT2D eigenvalue weighted by molar-refractivity contribution is 0.100. The summed E-state index contributed by atoms with van der Waals surface area (Å²) in [6.45, 7) is 4.83. The van der Waals surface area contributed by atoms with E-state index in [4.69, 9.17) is 5.73 Å². The number of carbonyl (C=O) groups is 1. The molecule has 0 saturated heterocycles. The highest BCUT2D eigenvalue weighted by molar-refractivity contribution is 7.92. The molecule has 0 unspecified atom stereocenters. The molecular weight excluding hydrogens is 426 g/mol. The first-order chi connectivity index (χ1) is 15.1. The molecular formula is C23H25N5O3S. The summed E-state index contributed by atoms with van der Waals surface area (Å²) in [6, 6.07) is 11.1. The van der Waals surface area contributed by atoms with Crippen molar-refractivity contribution in [2.75, 3.05) is 22.4 Å². The Morgan fingerprint density at radius 3 is 2.53 bits per heavy atom. The van der Waals surface area contributed by atoms with Crippen molar-refractivity contribution in [3.63, 3.8) is 0 Å². The largest absolute Gasteiger partial charge is 0.365 e. The molecule has 3 N–H and O–H groups in total. The van der Waals surface area contributed by atoms with Gasteiger partial charge in [0.25, 0.3) is 5.91 Å². The van der Waals surface area contributed by atoms with Gasteiger partial charge < -0.3 is 11.1 Å². The molecule has 8 nitrogen and oxygen atoms in total. The first-order valence-corrected chi connectivity index (χ1v) is 12.0. The number of nitrogens with two attached hydrogens (primary N) is 1. The SMILES string of the molecule is CC1(C)CN(S(C)(=O)=O)c2cc(-c3ccnc(NCc4ccncc4)c3C(N)=O)ccc21. The minimum Gasteiger partial charge on any atom is -0.365 e. The normalized spacial score (nSPS) is 14.8. The van der Waals surface area contributed by atoms with Crippen LogP contribution < -0.4 is 15.4 Å². The third-order valence-corrected chi connectivity index (χ3v) is 6.78. The van der Waals surface area contributed by atoms with E-state index in [0.717, 1.165) is 11.1 Å². The number of hydrogen-bond acceptors (Lipinski definition) is 6. The number of hydrogen-bond donors (Lipinski definition) is 2. The Labute approximate surface area is 187 Å². The van der Waals surface area contributed by atoms with E-state index in [9.17, 15) is 13.2 Å². The van der Waals surface area contributed by atoms with Crippen molar-refractivity contribution in [3.8, 4) is 11.1 Å². The third kappa shape index (κ3) is 4.03. The van der Waals surface area contributed by atoms with Crippen LogP contribution >= 0.6 is 0 Å². The van der Waals surface area contributed by atoms with Gasteiger partial charge in [-0.2, -0.15) is 0 Å². The highest BCUT2D eigenvalue weighted by atomic mass is 32.2. The van der Waals surface area contributed by atoms with Crippen LogP contribution in [-0.4, -0.2) is 37.1 Å². The molecule has 2 aromatic heterocycles. The summed E-state index contributed by atoms with van der Waals surface area (Å²) in [5.41, 5.74) is 9.49. The Morgan fingerprint density at radius 2 is 1.88 bits per heavy atom. The van der Waals surface area contributed by atoms with Crippen LogP contribution in [0.4, 0.5) is 11.5 Å². The van der Waals surface area contributed by atoms with Crippen molar-refractivity contribution in [3.05, 3.63) is 71.7 Å². The molecule has 3 heterocycles. The van der Waals surface area contributed by atoms with Crippen molar-refractivity contribution in [1.29, 1.82) is 0 Å². The lowest BCUT2D eigenvalue weighted by Gasteiger charge is -2.20. The number of primary amides is 1. The van der Waals surface area contributed by atoms with Gasteiger partial charge in [-0.15, -0.1) is 0 Å². The van der Waals surface area contributed by atoms with Crippen molar-refractivity contribution in [2.45, 2.75) is 25.8 Å². The monoisotopic (exact) mass is 451 g/mol. The number of pyridine rings is 2. The molecule has 32 heavy (non-hydrogen) atoms.